The second-order valence-corrected chi connectivity index (χ2v) is 7.31. The molecule has 1 nitrogen and oxygen atoms in total. The number of anilines is 1. The van der Waals surface area contributed by atoms with Crippen LogP contribution in [-0.4, -0.2) is 5.25 Å². The van der Waals surface area contributed by atoms with Gasteiger partial charge in [-0.15, -0.1) is 0 Å². The Labute approximate surface area is 130 Å². The summed E-state index contributed by atoms with van der Waals surface area (Å²) in [6, 6.07) is 4.32. The maximum Gasteiger partial charge on any atom is 0.0349 e. The van der Waals surface area contributed by atoms with Crippen LogP contribution in [0.15, 0.2) is 12.1 Å². The predicted octanol–water partition coefficient (Wildman–Crippen LogP) is 5.19. The molecule has 0 aliphatic rings. The summed E-state index contributed by atoms with van der Waals surface area (Å²) in [4.78, 5) is 0. The van der Waals surface area contributed by atoms with E-state index in [0.29, 0.717) is 5.25 Å². The van der Waals surface area contributed by atoms with Crippen LogP contribution >= 0.6 is 12.6 Å². The van der Waals surface area contributed by atoms with Gasteiger partial charge in [0.05, 0.1) is 0 Å². The van der Waals surface area contributed by atoms with Crippen molar-refractivity contribution in [2.24, 2.45) is 11.8 Å². The van der Waals surface area contributed by atoms with Gasteiger partial charge < -0.3 is 5.73 Å². The molecular formula is C18H31NS. The fraction of sp³-hybridized carbons (Fsp3) is 0.667. The summed E-state index contributed by atoms with van der Waals surface area (Å²) in [6.07, 6.45) is 4.71. The van der Waals surface area contributed by atoms with E-state index in [-0.39, 0.29) is 0 Å². The van der Waals surface area contributed by atoms with Crippen molar-refractivity contribution in [1.29, 1.82) is 0 Å². The highest BCUT2D eigenvalue weighted by Gasteiger charge is 2.14. The average molecular weight is 294 g/mol. The summed E-state index contributed by atoms with van der Waals surface area (Å²) < 4.78 is 0. The maximum absolute atomic E-state index is 6.14. The molecule has 0 spiro atoms. The minimum absolute atomic E-state index is 0.401. The molecule has 2 N–H and O–H groups in total. The van der Waals surface area contributed by atoms with Crippen molar-refractivity contribution in [3.05, 3.63) is 28.8 Å². The minimum Gasteiger partial charge on any atom is -0.398 e. The zero-order valence-corrected chi connectivity index (χ0v) is 14.6. The number of rotatable bonds is 7. The van der Waals surface area contributed by atoms with Gasteiger partial charge in [-0.05, 0) is 67.7 Å². The number of hydrogen-bond donors (Lipinski definition) is 2. The number of hydrogen-bond acceptors (Lipinski definition) is 2. The molecule has 3 atom stereocenters. The first kappa shape index (κ1) is 17.4. The third-order valence-electron chi connectivity index (χ3n) is 4.39. The van der Waals surface area contributed by atoms with E-state index in [2.05, 4.69) is 46.8 Å². The van der Waals surface area contributed by atoms with Gasteiger partial charge >= 0.3 is 0 Å². The van der Waals surface area contributed by atoms with Crippen LogP contribution in [0.25, 0.3) is 0 Å². The molecule has 3 unspecified atom stereocenters. The molecule has 1 aromatic carbocycles. The Morgan fingerprint density at radius 1 is 1.05 bits per heavy atom. The smallest absolute Gasteiger partial charge is 0.0349 e. The summed E-state index contributed by atoms with van der Waals surface area (Å²) in [7, 11) is 0. The molecule has 0 aromatic heterocycles. The summed E-state index contributed by atoms with van der Waals surface area (Å²) in [5.74, 6) is 1.55. The summed E-state index contributed by atoms with van der Waals surface area (Å²) >= 11 is 4.78. The number of nitrogens with two attached hydrogens (primary N) is 1. The Hall–Kier alpha value is -0.630. The fourth-order valence-electron chi connectivity index (χ4n) is 2.83. The topological polar surface area (TPSA) is 26.0 Å². The molecule has 2 heteroatoms. The molecule has 0 saturated carbocycles. The lowest BCUT2D eigenvalue weighted by atomic mass is 9.90. The van der Waals surface area contributed by atoms with E-state index in [0.717, 1.165) is 23.9 Å². The number of nitrogen functional groups attached to an aromatic ring is 1. The molecule has 0 bridgehead atoms. The van der Waals surface area contributed by atoms with Crippen LogP contribution < -0.4 is 5.73 Å². The molecule has 0 aliphatic heterocycles. The second-order valence-electron chi connectivity index (χ2n) is 6.58. The number of aryl methyl sites for hydroxylation is 2. The highest BCUT2D eigenvalue weighted by Crippen LogP contribution is 2.26. The SMILES string of the molecule is CCC(C)CC(C)CC(S)Cc1cc(C)c(C)cc1N. The zero-order chi connectivity index (χ0) is 15.3. The third-order valence-corrected chi connectivity index (χ3v) is 4.78. The lowest BCUT2D eigenvalue weighted by molar-refractivity contribution is 0.384. The summed E-state index contributed by atoms with van der Waals surface area (Å²) in [5.41, 5.74) is 10.9. The van der Waals surface area contributed by atoms with Crippen LogP contribution in [0.4, 0.5) is 5.69 Å². The summed E-state index contributed by atoms with van der Waals surface area (Å²) in [6.45, 7) is 11.2. The third kappa shape index (κ3) is 5.40. The standard InChI is InChI=1S/C18H31NS/c1-6-12(2)7-13(3)8-17(20)11-16-9-14(4)15(5)10-18(16)19/h9-10,12-13,17,20H,6-8,11,19H2,1-5H3. The van der Waals surface area contributed by atoms with Crippen molar-refractivity contribution >= 4 is 18.3 Å². The minimum atomic E-state index is 0.401. The Bertz CT molecular complexity index is 428. The van der Waals surface area contributed by atoms with Gasteiger partial charge in [0.15, 0.2) is 0 Å². The van der Waals surface area contributed by atoms with Crippen molar-refractivity contribution in [1.82, 2.24) is 0 Å². The quantitative estimate of drug-likeness (QED) is 0.525. The Morgan fingerprint density at radius 2 is 1.65 bits per heavy atom. The Morgan fingerprint density at radius 3 is 2.25 bits per heavy atom. The van der Waals surface area contributed by atoms with Crippen LogP contribution in [0.2, 0.25) is 0 Å². The molecule has 0 radical (unpaired) electrons. The first-order valence-corrected chi connectivity index (χ1v) is 8.38. The first-order valence-electron chi connectivity index (χ1n) is 7.87. The molecular weight excluding hydrogens is 262 g/mol. The fourth-order valence-corrected chi connectivity index (χ4v) is 3.38. The average Bonchev–Trinajstić information content (AvgIpc) is 2.35. The molecule has 20 heavy (non-hydrogen) atoms. The van der Waals surface area contributed by atoms with Crippen LogP contribution in [-0.2, 0) is 6.42 Å². The van der Waals surface area contributed by atoms with E-state index >= 15 is 0 Å². The van der Waals surface area contributed by atoms with Gasteiger partial charge in [-0.25, -0.2) is 0 Å². The maximum atomic E-state index is 6.14. The van der Waals surface area contributed by atoms with Crippen LogP contribution in [0.1, 0.15) is 56.7 Å². The second kappa shape index (κ2) is 7.97. The highest BCUT2D eigenvalue weighted by molar-refractivity contribution is 7.80. The van der Waals surface area contributed by atoms with Crippen molar-refractivity contribution in [2.75, 3.05) is 5.73 Å². The van der Waals surface area contributed by atoms with Gasteiger partial charge in [0.25, 0.3) is 0 Å². The summed E-state index contributed by atoms with van der Waals surface area (Å²) in [5, 5.41) is 0.401. The van der Waals surface area contributed by atoms with Gasteiger partial charge in [0.2, 0.25) is 0 Å². The van der Waals surface area contributed by atoms with E-state index < -0.39 is 0 Å². The van der Waals surface area contributed by atoms with Crippen LogP contribution in [0, 0.1) is 25.7 Å². The number of thiol groups is 1. The molecule has 114 valence electrons. The van der Waals surface area contributed by atoms with Gasteiger partial charge in [-0.3, -0.25) is 0 Å². The van der Waals surface area contributed by atoms with Gasteiger partial charge in [0.1, 0.15) is 0 Å². The zero-order valence-electron chi connectivity index (χ0n) is 13.7. The van der Waals surface area contributed by atoms with Crippen molar-refractivity contribution in [3.63, 3.8) is 0 Å². The van der Waals surface area contributed by atoms with Crippen molar-refractivity contribution in [3.8, 4) is 0 Å². The van der Waals surface area contributed by atoms with Gasteiger partial charge in [-0.2, -0.15) is 12.6 Å². The Kier molecular flexibility index (Phi) is 6.94. The van der Waals surface area contributed by atoms with Crippen molar-refractivity contribution in [2.45, 2.75) is 65.6 Å². The molecule has 0 heterocycles. The Balaban J connectivity index is 2.58. The molecule has 0 amide bonds. The van der Waals surface area contributed by atoms with E-state index in [1.54, 1.807) is 0 Å². The van der Waals surface area contributed by atoms with E-state index in [9.17, 15) is 0 Å². The van der Waals surface area contributed by atoms with Gasteiger partial charge in [-0.1, -0.05) is 33.3 Å². The normalized spacial score (nSPS) is 15.9. The van der Waals surface area contributed by atoms with E-state index in [1.165, 1.54) is 36.0 Å². The largest absolute Gasteiger partial charge is 0.398 e. The molecule has 0 fully saturated rings. The molecule has 0 aliphatic carbocycles. The lowest BCUT2D eigenvalue weighted by Crippen LogP contribution is -2.13. The molecule has 1 rings (SSSR count). The molecule has 0 saturated heterocycles. The lowest BCUT2D eigenvalue weighted by Gasteiger charge is -2.20. The van der Waals surface area contributed by atoms with Crippen LogP contribution in [0.3, 0.4) is 0 Å². The predicted molar refractivity (Wildman–Crippen MR) is 94.7 cm³/mol. The van der Waals surface area contributed by atoms with Crippen LogP contribution in [0.5, 0.6) is 0 Å². The van der Waals surface area contributed by atoms with E-state index in [4.69, 9.17) is 18.4 Å². The van der Waals surface area contributed by atoms with Crippen molar-refractivity contribution < 1.29 is 0 Å². The van der Waals surface area contributed by atoms with Gasteiger partial charge in [0, 0.05) is 10.9 Å². The molecule has 1 aromatic rings. The first-order chi connectivity index (χ1) is 9.33. The highest BCUT2D eigenvalue weighted by atomic mass is 32.1. The van der Waals surface area contributed by atoms with E-state index in [1.807, 2.05) is 0 Å². The monoisotopic (exact) mass is 293 g/mol. The number of benzene rings is 1.